The topological polar surface area (TPSA) is 21.3 Å². The third kappa shape index (κ3) is 3.11. The Hall–Kier alpha value is -1.80. The molecule has 1 atom stereocenters. The molecule has 1 aliphatic carbocycles. The summed E-state index contributed by atoms with van der Waals surface area (Å²) in [5.41, 5.74) is 2.71. The Labute approximate surface area is 127 Å². The van der Waals surface area contributed by atoms with Crippen LogP contribution in [-0.2, 0) is 0 Å². The zero-order chi connectivity index (χ0) is 14.7. The standard InChI is InChI=1S/C19H23NO/c1-14(18-10-6-7-11-19(18)21-2)20-17-12-16(13-17)15-8-4-3-5-9-15/h3-11,14,16-17,20H,12-13H2,1-2H3/t14-,16?,17?/m0/s1. The first-order valence-corrected chi connectivity index (χ1v) is 7.72. The molecule has 110 valence electrons. The van der Waals surface area contributed by atoms with Gasteiger partial charge in [0.05, 0.1) is 7.11 Å². The number of hydrogen-bond donors (Lipinski definition) is 1. The number of ether oxygens (including phenoxy) is 1. The molecule has 3 rings (SSSR count). The maximum atomic E-state index is 5.45. The number of hydrogen-bond acceptors (Lipinski definition) is 2. The molecule has 2 aromatic rings. The molecule has 2 heteroatoms. The quantitative estimate of drug-likeness (QED) is 0.882. The van der Waals surface area contributed by atoms with Gasteiger partial charge < -0.3 is 10.1 Å². The minimum Gasteiger partial charge on any atom is -0.496 e. The molecule has 2 nitrogen and oxygen atoms in total. The van der Waals surface area contributed by atoms with Crippen LogP contribution in [0, 0.1) is 0 Å². The lowest BCUT2D eigenvalue weighted by molar-refractivity contribution is 0.268. The lowest BCUT2D eigenvalue weighted by atomic mass is 9.75. The molecule has 0 amide bonds. The van der Waals surface area contributed by atoms with Gasteiger partial charge in [0.2, 0.25) is 0 Å². The lowest BCUT2D eigenvalue weighted by Gasteiger charge is -2.38. The highest BCUT2D eigenvalue weighted by molar-refractivity contribution is 5.35. The molecule has 0 aliphatic heterocycles. The first-order chi connectivity index (χ1) is 10.3. The van der Waals surface area contributed by atoms with Crippen LogP contribution in [0.2, 0.25) is 0 Å². The number of methoxy groups -OCH3 is 1. The zero-order valence-corrected chi connectivity index (χ0v) is 12.8. The van der Waals surface area contributed by atoms with E-state index in [2.05, 4.69) is 54.7 Å². The minimum absolute atomic E-state index is 0.322. The highest BCUT2D eigenvalue weighted by Gasteiger charge is 2.31. The van der Waals surface area contributed by atoms with Crippen molar-refractivity contribution < 1.29 is 4.74 Å². The van der Waals surface area contributed by atoms with Crippen LogP contribution >= 0.6 is 0 Å². The predicted molar refractivity (Wildman–Crippen MR) is 86.7 cm³/mol. The molecule has 0 bridgehead atoms. The van der Waals surface area contributed by atoms with Gasteiger partial charge in [0.15, 0.2) is 0 Å². The molecular weight excluding hydrogens is 258 g/mol. The molecule has 0 heterocycles. The van der Waals surface area contributed by atoms with E-state index in [1.165, 1.54) is 24.0 Å². The van der Waals surface area contributed by atoms with E-state index in [1.807, 2.05) is 12.1 Å². The lowest BCUT2D eigenvalue weighted by Crippen LogP contribution is -2.41. The Morgan fingerprint density at radius 1 is 1.00 bits per heavy atom. The average Bonchev–Trinajstić information content (AvgIpc) is 2.51. The summed E-state index contributed by atoms with van der Waals surface area (Å²) in [7, 11) is 1.74. The summed E-state index contributed by atoms with van der Waals surface area (Å²) in [5.74, 6) is 1.69. The first kappa shape index (κ1) is 14.2. The number of nitrogens with one attached hydrogen (secondary N) is 1. The number of rotatable bonds is 5. The Morgan fingerprint density at radius 2 is 1.67 bits per heavy atom. The summed E-state index contributed by atoms with van der Waals surface area (Å²) in [6, 6.07) is 20.0. The monoisotopic (exact) mass is 281 g/mol. The van der Waals surface area contributed by atoms with Crippen molar-refractivity contribution >= 4 is 0 Å². The molecule has 0 spiro atoms. The molecule has 2 aromatic carbocycles. The second-order valence-corrected chi connectivity index (χ2v) is 5.91. The number of benzene rings is 2. The Balaban J connectivity index is 1.57. The second kappa shape index (κ2) is 6.31. The van der Waals surface area contributed by atoms with Crippen molar-refractivity contribution in [2.24, 2.45) is 0 Å². The second-order valence-electron chi connectivity index (χ2n) is 5.91. The van der Waals surface area contributed by atoms with Crippen molar-refractivity contribution in [3.63, 3.8) is 0 Å². The Bertz CT molecular complexity index is 575. The fourth-order valence-electron chi connectivity index (χ4n) is 3.22. The van der Waals surface area contributed by atoms with E-state index < -0.39 is 0 Å². The maximum absolute atomic E-state index is 5.45. The number of para-hydroxylation sites is 1. The van der Waals surface area contributed by atoms with Crippen LogP contribution in [0.4, 0.5) is 0 Å². The van der Waals surface area contributed by atoms with Crippen LogP contribution < -0.4 is 10.1 Å². The summed E-state index contributed by atoms with van der Waals surface area (Å²) in [5, 5.41) is 3.73. The molecule has 1 saturated carbocycles. The average molecular weight is 281 g/mol. The van der Waals surface area contributed by atoms with Crippen molar-refractivity contribution in [2.75, 3.05) is 7.11 Å². The molecule has 1 N–H and O–H groups in total. The molecule has 1 fully saturated rings. The van der Waals surface area contributed by atoms with Crippen molar-refractivity contribution in [3.8, 4) is 5.75 Å². The van der Waals surface area contributed by atoms with Gasteiger partial charge in [-0.3, -0.25) is 0 Å². The van der Waals surface area contributed by atoms with Crippen LogP contribution in [0.1, 0.15) is 42.9 Å². The molecular formula is C19H23NO. The molecule has 0 aromatic heterocycles. The zero-order valence-electron chi connectivity index (χ0n) is 12.8. The highest BCUT2D eigenvalue weighted by atomic mass is 16.5. The van der Waals surface area contributed by atoms with Gasteiger partial charge >= 0.3 is 0 Å². The van der Waals surface area contributed by atoms with Crippen molar-refractivity contribution in [1.82, 2.24) is 5.32 Å². The smallest absolute Gasteiger partial charge is 0.123 e. The Morgan fingerprint density at radius 3 is 2.38 bits per heavy atom. The van der Waals surface area contributed by atoms with Gasteiger partial charge in [0.25, 0.3) is 0 Å². The molecule has 0 unspecified atom stereocenters. The Kier molecular flexibility index (Phi) is 4.26. The van der Waals surface area contributed by atoms with E-state index in [-0.39, 0.29) is 0 Å². The van der Waals surface area contributed by atoms with Gasteiger partial charge in [-0.2, -0.15) is 0 Å². The van der Waals surface area contributed by atoms with Crippen molar-refractivity contribution in [3.05, 3.63) is 65.7 Å². The normalized spacial score (nSPS) is 22.4. The van der Waals surface area contributed by atoms with Crippen LogP contribution in [0.15, 0.2) is 54.6 Å². The third-order valence-electron chi connectivity index (χ3n) is 4.50. The SMILES string of the molecule is COc1ccccc1[C@H](C)NC1CC(c2ccccc2)C1. The first-order valence-electron chi connectivity index (χ1n) is 7.72. The van der Waals surface area contributed by atoms with Crippen LogP contribution in [0.25, 0.3) is 0 Å². The maximum Gasteiger partial charge on any atom is 0.123 e. The molecule has 0 saturated heterocycles. The summed E-state index contributed by atoms with van der Waals surface area (Å²) in [6.07, 6.45) is 2.45. The van der Waals surface area contributed by atoms with Gasteiger partial charge in [-0.25, -0.2) is 0 Å². The third-order valence-corrected chi connectivity index (χ3v) is 4.50. The predicted octanol–water partition coefficient (Wildman–Crippen LogP) is 4.29. The van der Waals surface area contributed by atoms with E-state index in [1.54, 1.807) is 7.11 Å². The van der Waals surface area contributed by atoms with E-state index in [4.69, 9.17) is 4.74 Å². The van der Waals surface area contributed by atoms with Gasteiger partial charge in [0, 0.05) is 17.6 Å². The summed E-state index contributed by atoms with van der Waals surface area (Å²) in [4.78, 5) is 0. The van der Waals surface area contributed by atoms with E-state index in [0.717, 1.165) is 5.75 Å². The van der Waals surface area contributed by atoms with E-state index >= 15 is 0 Å². The highest BCUT2D eigenvalue weighted by Crippen LogP contribution is 2.38. The fraction of sp³-hybridized carbons (Fsp3) is 0.368. The van der Waals surface area contributed by atoms with Gasteiger partial charge in [-0.15, -0.1) is 0 Å². The van der Waals surface area contributed by atoms with Crippen LogP contribution in [-0.4, -0.2) is 13.2 Å². The summed E-state index contributed by atoms with van der Waals surface area (Å²) >= 11 is 0. The summed E-state index contributed by atoms with van der Waals surface area (Å²) < 4.78 is 5.45. The van der Waals surface area contributed by atoms with Gasteiger partial charge in [-0.1, -0.05) is 48.5 Å². The molecule has 0 radical (unpaired) electrons. The largest absolute Gasteiger partial charge is 0.496 e. The van der Waals surface area contributed by atoms with E-state index in [0.29, 0.717) is 18.0 Å². The molecule has 1 aliphatic rings. The van der Waals surface area contributed by atoms with E-state index in [9.17, 15) is 0 Å². The van der Waals surface area contributed by atoms with Crippen molar-refractivity contribution in [1.29, 1.82) is 0 Å². The summed E-state index contributed by atoms with van der Waals surface area (Å²) in [6.45, 7) is 2.22. The fourth-order valence-corrected chi connectivity index (χ4v) is 3.22. The van der Waals surface area contributed by atoms with Crippen molar-refractivity contribution in [2.45, 2.75) is 37.8 Å². The van der Waals surface area contributed by atoms with Crippen LogP contribution in [0.5, 0.6) is 5.75 Å². The van der Waals surface area contributed by atoms with Gasteiger partial charge in [-0.05, 0) is 37.3 Å². The minimum atomic E-state index is 0.322. The van der Waals surface area contributed by atoms with Gasteiger partial charge in [0.1, 0.15) is 5.75 Å². The molecule has 21 heavy (non-hydrogen) atoms. The van der Waals surface area contributed by atoms with Crippen LogP contribution in [0.3, 0.4) is 0 Å².